The van der Waals surface area contributed by atoms with Crippen LogP contribution in [0.2, 0.25) is 0 Å². The van der Waals surface area contributed by atoms with Crippen LogP contribution in [0.5, 0.6) is 34.5 Å². The fourth-order valence-corrected chi connectivity index (χ4v) is 12.0. The molecule has 14 nitrogen and oxygen atoms in total. The number of aromatic nitrogens is 2. The highest BCUT2D eigenvalue weighted by Crippen LogP contribution is 2.49. The van der Waals surface area contributed by atoms with Gasteiger partial charge in [0, 0.05) is 86.3 Å². The zero-order chi connectivity index (χ0) is 53.3. The van der Waals surface area contributed by atoms with E-state index < -0.39 is 29.6 Å². The van der Waals surface area contributed by atoms with Crippen molar-refractivity contribution in [2.45, 2.75) is 103 Å². The maximum absolute atomic E-state index is 15.1. The van der Waals surface area contributed by atoms with Gasteiger partial charge in [0.2, 0.25) is 5.75 Å². The lowest BCUT2D eigenvalue weighted by atomic mass is 9.66. The number of phenols is 3. The minimum absolute atomic E-state index is 0.0149. The van der Waals surface area contributed by atoms with Gasteiger partial charge in [-0.3, -0.25) is 14.4 Å². The number of aliphatic hydroxyl groups excluding tert-OH is 1. The number of Topliss-reactive ketones (excluding diaryl/α,β-unsaturated/α-hetero) is 2. The number of rotatable bonds is 9. The summed E-state index contributed by atoms with van der Waals surface area (Å²) < 4.78 is 20.2. The van der Waals surface area contributed by atoms with Gasteiger partial charge in [-0.25, -0.2) is 0 Å². The molecule has 2 aliphatic heterocycles. The van der Waals surface area contributed by atoms with Crippen LogP contribution in [-0.4, -0.2) is 73.8 Å². The van der Waals surface area contributed by atoms with E-state index in [1.54, 1.807) is 37.3 Å². The summed E-state index contributed by atoms with van der Waals surface area (Å²) in [5, 5.41) is 50.0. The Labute approximate surface area is 442 Å². The first-order chi connectivity index (χ1) is 36.7. The quantitative estimate of drug-likeness (QED) is 0.0751. The zero-order valence-electron chi connectivity index (χ0n) is 43.4. The Morgan fingerprint density at radius 2 is 1.70 bits per heavy atom. The number of dihydropyridines is 1. The zero-order valence-corrected chi connectivity index (χ0v) is 43.4. The summed E-state index contributed by atoms with van der Waals surface area (Å²) >= 11 is 0. The van der Waals surface area contributed by atoms with Gasteiger partial charge < -0.3 is 54.4 Å². The highest BCUT2D eigenvalue weighted by atomic mass is 16.5. The number of aromatic amines is 1. The Kier molecular flexibility index (Phi) is 14.7. The molecule has 6 unspecified atom stereocenters. The van der Waals surface area contributed by atoms with Crippen molar-refractivity contribution in [2.75, 3.05) is 25.1 Å². The predicted octanol–water partition coefficient (Wildman–Crippen LogP) is 11.0. The Balaban J connectivity index is 1.18. The average molecular weight is 1030 g/mol. The molecule has 6 N–H and O–H groups in total. The average Bonchev–Trinajstić information content (AvgIpc) is 4.04. The number of nitrogens with one attached hydrogen (secondary N) is 2. The third kappa shape index (κ3) is 10.6. The minimum atomic E-state index is -0.768. The number of aryl methyl sites for hydroxylation is 1. The van der Waals surface area contributed by atoms with Gasteiger partial charge in [-0.1, -0.05) is 61.6 Å². The molecule has 14 heteroatoms. The number of phenolic OH excluding ortho intramolecular Hbond substituents is 3. The van der Waals surface area contributed by atoms with Gasteiger partial charge >= 0.3 is 5.97 Å². The SMILES string of the molecule is COc1cc(C2CC(=O)CC(OC(C)=O)CCC3(C=CC=CC3C)Cc3c[nH]cc3CC(c3cccc(O)c3)C3=CCNC(=C3)N(CCC(C)=O)c3ccc4c5c(n2cc35)CCC4O)cc(O)c1Oc1cccc(O)c1. The molecule has 4 bridgehead atoms. The van der Waals surface area contributed by atoms with E-state index in [2.05, 4.69) is 75.5 Å². The fraction of sp³-hybridized carbons (Fsp3) is 0.339. The predicted molar refractivity (Wildman–Crippen MR) is 291 cm³/mol. The number of aliphatic hydroxyl groups is 1. The second kappa shape index (κ2) is 21.7. The first kappa shape index (κ1) is 51.5. The van der Waals surface area contributed by atoms with Crippen molar-refractivity contribution in [2.24, 2.45) is 11.3 Å². The number of anilines is 1. The van der Waals surface area contributed by atoms with Gasteiger partial charge in [-0.05, 0) is 139 Å². The number of carbonyl (C=O) groups excluding carboxylic acids is 3. The summed E-state index contributed by atoms with van der Waals surface area (Å²) in [7, 11) is 1.46. The van der Waals surface area contributed by atoms with Crippen molar-refractivity contribution in [3.05, 3.63) is 173 Å². The first-order valence-electron chi connectivity index (χ1n) is 26.3. The molecule has 2 aromatic heterocycles. The number of methoxy groups -OCH3 is 1. The van der Waals surface area contributed by atoms with E-state index in [0.29, 0.717) is 57.2 Å². The molecule has 10 rings (SSSR count). The van der Waals surface area contributed by atoms with Gasteiger partial charge in [0.05, 0.1) is 24.9 Å². The highest BCUT2D eigenvalue weighted by molar-refractivity contribution is 6.00. The van der Waals surface area contributed by atoms with E-state index in [0.717, 1.165) is 55.8 Å². The van der Waals surface area contributed by atoms with Crippen LogP contribution < -0.4 is 19.7 Å². The van der Waals surface area contributed by atoms with Crippen LogP contribution in [0.4, 0.5) is 5.69 Å². The van der Waals surface area contributed by atoms with Crippen LogP contribution >= 0.6 is 0 Å². The minimum Gasteiger partial charge on any atom is -0.508 e. The number of H-pyrrole nitrogens is 1. The lowest BCUT2D eigenvalue weighted by molar-refractivity contribution is -0.148. The van der Waals surface area contributed by atoms with Gasteiger partial charge in [-0.15, -0.1) is 0 Å². The Morgan fingerprint density at radius 3 is 2.46 bits per heavy atom. The van der Waals surface area contributed by atoms with E-state index in [-0.39, 0.29) is 77.2 Å². The molecule has 0 radical (unpaired) electrons. The number of ketones is 2. The number of esters is 1. The monoisotopic (exact) mass is 1030 g/mol. The molecule has 2 aliphatic carbocycles. The molecule has 0 fully saturated rings. The molecule has 394 valence electrons. The van der Waals surface area contributed by atoms with Gasteiger partial charge in [0.25, 0.3) is 0 Å². The largest absolute Gasteiger partial charge is 0.508 e. The van der Waals surface area contributed by atoms with Gasteiger partial charge in [-0.2, -0.15) is 0 Å². The summed E-state index contributed by atoms with van der Waals surface area (Å²) in [6, 6.07) is 20.1. The molecule has 4 heterocycles. The molecule has 6 atom stereocenters. The Bertz CT molecular complexity index is 3320. The van der Waals surface area contributed by atoms with Gasteiger partial charge in [0.15, 0.2) is 11.5 Å². The molecule has 1 spiro atoms. The molecule has 76 heavy (non-hydrogen) atoms. The Morgan fingerprint density at radius 1 is 0.895 bits per heavy atom. The molecule has 6 aromatic rings. The van der Waals surface area contributed by atoms with Crippen molar-refractivity contribution in [3.8, 4) is 34.5 Å². The van der Waals surface area contributed by atoms with Crippen LogP contribution in [0.3, 0.4) is 0 Å². The van der Waals surface area contributed by atoms with Crippen molar-refractivity contribution >= 4 is 34.0 Å². The number of carbonyl (C=O) groups is 3. The molecular weight excluding hydrogens is 961 g/mol. The summed E-state index contributed by atoms with van der Waals surface area (Å²) in [4.78, 5) is 46.5. The van der Waals surface area contributed by atoms with Crippen LogP contribution in [-0.2, 0) is 38.4 Å². The first-order valence-corrected chi connectivity index (χ1v) is 26.3. The van der Waals surface area contributed by atoms with Crippen LogP contribution in [0.25, 0.3) is 10.8 Å². The van der Waals surface area contributed by atoms with Crippen molar-refractivity contribution in [3.63, 3.8) is 0 Å². The maximum atomic E-state index is 15.1. The third-order valence-electron chi connectivity index (χ3n) is 15.9. The van der Waals surface area contributed by atoms with Crippen LogP contribution in [0.1, 0.15) is 111 Å². The van der Waals surface area contributed by atoms with E-state index in [1.807, 2.05) is 36.5 Å². The molecule has 4 aliphatic rings. The number of ether oxygens (including phenoxy) is 3. The van der Waals surface area contributed by atoms with Crippen LogP contribution in [0.15, 0.2) is 139 Å². The molecule has 0 saturated carbocycles. The second-order valence-electron chi connectivity index (χ2n) is 20.9. The number of hydrogen-bond donors (Lipinski definition) is 6. The fourth-order valence-electron chi connectivity index (χ4n) is 12.0. The van der Waals surface area contributed by atoms with Crippen molar-refractivity contribution < 1.29 is 49.0 Å². The molecule has 0 saturated heterocycles. The van der Waals surface area contributed by atoms with E-state index >= 15 is 4.79 Å². The van der Waals surface area contributed by atoms with E-state index in [4.69, 9.17) is 14.2 Å². The summed E-state index contributed by atoms with van der Waals surface area (Å²) in [6.07, 6.45) is 20.8. The topological polar surface area (TPSA) is 196 Å². The maximum Gasteiger partial charge on any atom is 0.302 e. The standard InChI is InChI=1S/C62H66N4O10/c1-37-9-5-6-21-62(37)22-18-49(75-39(3)68)31-47(71)32-55(42-27-57(73)61(58(28-42)74-4)76-48-13-8-12-46(70)30-48)66-36-52-53(15-14-50-56(72)17-16-54(66)60(50)52)65(24-20-38(2)67)59-29-41(19-23-64-59)51(40-10-7-11-45(69)25-40)26-43-34-63-35-44(43)33-62/h5-15,19,21,25,27-30,34-37,49,51,55-56,63-64,69-70,72-73H,16-18,20,22-24,26,31-33H2,1-4H3. The number of fused-ring (bicyclic) bond motifs is 4. The summed E-state index contributed by atoms with van der Waals surface area (Å²) in [5.41, 5.74) is 6.76. The Hall–Kier alpha value is -7.97. The van der Waals surface area contributed by atoms with Crippen LogP contribution in [0, 0.1) is 11.3 Å². The number of allylic oxidation sites excluding steroid dienone is 6. The molecule has 4 aromatic carbocycles. The lowest BCUT2D eigenvalue weighted by Gasteiger charge is -2.38. The smallest absolute Gasteiger partial charge is 0.302 e. The second-order valence-corrected chi connectivity index (χ2v) is 20.9. The third-order valence-corrected chi connectivity index (χ3v) is 15.9. The normalized spacial score (nSPS) is 22.8. The summed E-state index contributed by atoms with van der Waals surface area (Å²) in [6.45, 7) is 5.97. The lowest BCUT2D eigenvalue weighted by Crippen LogP contribution is -2.35. The number of benzene rings is 4. The number of nitrogens with zero attached hydrogens (tertiary/aromatic N) is 2. The van der Waals surface area contributed by atoms with Crippen molar-refractivity contribution in [1.82, 2.24) is 14.9 Å². The molecular formula is C62H66N4O10. The summed E-state index contributed by atoms with van der Waals surface area (Å²) in [5.74, 6) is 0.386. The number of aromatic hydroxyl groups is 3. The highest BCUT2D eigenvalue weighted by Gasteiger charge is 2.38. The van der Waals surface area contributed by atoms with E-state index in [9.17, 15) is 30.0 Å². The number of hydrogen-bond acceptors (Lipinski definition) is 12. The van der Waals surface area contributed by atoms with Gasteiger partial charge in [0.1, 0.15) is 40.7 Å². The van der Waals surface area contributed by atoms with E-state index in [1.165, 1.54) is 26.2 Å². The van der Waals surface area contributed by atoms with Crippen molar-refractivity contribution in [1.29, 1.82) is 0 Å². The molecule has 0 amide bonds.